The predicted molar refractivity (Wildman–Crippen MR) is 61.8 cm³/mol. The summed E-state index contributed by atoms with van der Waals surface area (Å²) in [5, 5.41) is 1.91. The average molecular weight is 272 g/mol. The second kappa shape index (κ2) is 3.71. The molecule has 2 aromatic rings. The van der Waals surface area contributed by atoms with E-state index in [2.05, 4.69) is 15.9 Å². The summed E-state index contributed by atoms with van der Waals surface area (Å²) in [6.45, 7) is 0. The summed E-state index contributed by atoms with van der Waals surface area (Å²) in [6.07, 6.45) is 0. The quantitative estimate of drug-likeness (QED) is 0.837. The topological polar surface area (TPSA) is 26.0 Å². The number of halogens is 2. The van der Waals surface area contributed by atoms with Crippen molar-refractivity contribution >= 4 is 33.0 Å². The van der Waals surface area contributed by atoms with E-state index < -0.39 is 0 Å². The number of hydrogen-bond acceptors (Lipinski definition) is 2. The van der Waals surface area contributed by atoms with E-state index in [-0.39, 0.29) is 5.82 Å². The van der Waals surface area contributed by atoms with Crippen LogP contribution < -0.4 is 5.73 Å². The Morgan fingerprint density at radius 2 is 2.14 bits per heavy atom. The molecule has 1 aromatic carbocycles. The van der Waals surface area contributed by atoms with Gasteiger partial charge in [-0.05, 0) is 33.6 Å². The van der Waals surface area contributed by atoms with Crippen LogP contribution in [0.4, 0.5) is 10.1 Å². The van der Waals surface area contributed by atoms with E-state index in [1.807, 2.05) is 11.4 Å². The van der Waals surface area contributed by atoms with E-state index in [1.165, 1.54) is 23.5 Å². The number of thiophene rings is 1. The van der Waals surface area contributed by atoms with Gasteiger partial charge in [0.05, 0.1) is 9.47 Å². The van der Waals surface area contributed by atoms with Crippen LogP contribution in [0.25, 0.3) is 11.1 Å². The van der Waals surface area contributed by atoms with Crippen LogP contribution in [0.2, 0.25) is 0 Å². The third-order valence-corrected chi connectivity index (χ3v) is 3.69. The fourth-order valence-electron chi connectivity index (χ4n) is 1.22. The predicted octanol–water partition coefficient (Wildman–Crippen LogP) is 3.90. The lowest BCUT2D eigenvalue weighted by Gasteiger charge is -2.00. The zero-order valence-corrected chi connectivity index (χ0v) is 9.53. The van der Waals surface area contributed by atoms with Crippen molar-refractivity contribution < 1.29 is 4.39 Å². The summed E-state index contributed by atoms with van der Waals surface area (Å²) in [5.74, 6) is -0.246. The van der Waals surface area contributed by atoms with E-state index in [1.54, 1.807) is 6.07 Å². The van der Waals surface area contributed by atoms with Crippen LogP contribution in [-0.2, 0) is 0 Å². The second-order valence-electron chi connectivity index (χ2n) is 2.85. The van der Waals surface area contributed by atoms with Crippen LogP contribution in [-0.4, -0.2) is 0 Å². The van der Waals surface area contributed by atoms with Crippen molar-refractivity contribution in [3.8, 4) is 11.1 Å². The van der Waals surface area contributed by atoms with Gasteiger partial charge in [0.2, 0.25) is 0 Å². The van der Waals surface area contributed by atoms with Crippen LogP contribution in [0.1, 0.15) is 0 Å². The maximum absolute atomic E-state index is 12.9. The van der Waals surface area contributed by atoms with Gasteiger partial charge in [-0.3, -0.25) is 0 Å². The third-order valence-electron chi connectivity index (χ3n) is 1.92. The van der Waals surface area contributed by atoms with Gasteiger partial charge >= 0.3 is 0 Å². The minimum Gasteiger partial charge on any atom is -0.397 e. The largest absolute Gasteiger partial charge is 0.397 e. The molecule has 0 aliphatic heterocycles. The SMILES string of the molecule is Nc1c(-c2cccc(F)c2)csc1Br. The molecule has 0 bridgehead atoms. The highest BCUT2D eigenvalue weighted by atomic mass is 79.9. The molecule has 1 aromatic heterocycles. The number of benzene rings is 1. The Balaban J connectivity index is 2.55. The average Bonchev–Trinajstić information content (AvgIpc) is 2.48. The van der Waals surface area contributed by atoms with Crippen LogP contribution in [0, 0.1) is 5.82 Å². The van der Waals surface area contributed by atoms with E-state index in [4.69, 9.17) is 5.73 Å². The zero-order valence-electron chi connectivity index (χ0n) is 7.13. The monoisotopic (exact) mass is 271 g/mol. The number of nitrogens with two attached hydrogens (primary N) is 1. The minimum atomic E-state index is -0.246. The Bertz CT molecular complexity index is 467. The van der Waals surface area contributed by atoms with Gasteiger partial charge in [0.15, 0.2) is 0 Å². The minimum absolute atomic E-state index is 0.246. The number of nitrogen functional groups attached to an aromatic ring is 1. The summed E-state index contributed by atoms with van der Waals surface area (Å²) in [7, 11) is 0. The van der Waals surface area contributed by atoms with Gasteiger partial charge in [0.1, 0.15) is 5.82 Å². The molecule has 72 valence electrons. The molecule has 0 radical (unpaired) electrons. The molecule has 0 aliphatic carbocycles. The van der Waals surface area contributed by atoms with Crippen molar-refractivity contribution in [3.63, 3.8) is 0 Å². The lowest BCUT2D eigenvalue weighted by atomic mass is 10.1. The van der Waals surface area contributed by atoms with Gasteiger partial charge < -0.3 is 5.73 Å². The smallest absolute Gasteiger partial charge is 0.123 e. The number of hydrogen-bond donors (Lipinski definition) is 1. The Morgan fingerprint density at radius 3 is 2.71 bits per heavy atom. The van der Waals surface area contributed by atoms with Gasteiger partial charge in [-0.15, -0.1) is 11.3 Å². The first-order chi connectivity index (χ1) is 6.68. The maximum Gasteiger partial charge on any atom is 0.123 e. The van der Waals surface area contributed by atoms with Crippen molar-refractivity contribution in [3.05, 3.63) is 39.2 Å². The van der Waals surface area contributed by atoms with Crippen molar-refractivity contribution in [1.29, 1.82) is 0 Å². The van der Waals surface area contributed by atoms with Crippen LogP contribution in [0.15, 0.2) is 33.4 Å². The Morgan fingerprint density at radius 1 is 1.36 bits per heavy atom. The molecule has 14 heavy (non-hydrogen) atoms. The zero-order chi connectivity index (χ0) is 10.1. The summed E-state index contributed by atoms with van der Waals surface area (Å²) in [6, 6.07) is 6.41. The van der Waals surface area contributed by atoms with Gasteiger partial charge in [-0.2, -0.15) is 0 Å². The third kappa shape index (κ3) is 1.67. The molecule has 2 rings (SSSR count). The number of anilines is 1. The molecule has 1 nitrogen and oxygen atoms in total. The van der Waals surface area contributed by atoms with E-state index in [9.17, 15) is 4.39 Å². The molecular formula is C10H7BrFNS. The first kappa shape index (κ1) is 9.68. The summed E-state index contributed by atoms with van der Waals surface area (Å²) in [5.41, 5.74) is 8.18. The van der Waals surface area contributed by atoms with E-state index in [0.717, 1.165) is 14.9 Å². The lowest BCUT2D eigenvalue weighted by Crippen LogP contribution is -1.86. The fourth-order valence-corrected chi connectivity index (χ4v) is 2.44. The molecule has 0 aliphatic rings. The molecule has 0 unspecified atom stereocenters. The molecule has 0 saturated heterocycles. The molecule has 4 heteroatoms. The highest BCUT2D eigenvalue weighted by Crippen LogP contribution is 2.37. The molecule has 2 N–H and O–H groups in total. The second-order valence-corrected chi connectivity index (χ2v) is 5.04. The number of rotatable bonds is 1. The summed E-state index contributed by atoms with van der Waals surface area (Å²) >= 11 is 4.83. The van der Waals surface area contributed by atoms with Crippen molar-refractivity contribution in [2.45, 2.75) is 0 Å². The molecule has 0 spiro atoms. The standard InChI is InChI=1S/C10H7BrFNS/c11-10-9(13)8(5-14-10)6-2-1-3-7(12)4-6/h1-5H,13H2. The molecule has 1 heterocycles. The Hall–Kier alpha value is -0.870. The van der Waals surface area contributed by atoms with Crippen molar-refractivity contribution in [2.24, 2.45) is 0 Å². The molecule has 0 atom stereocenters. The van der Waals surface area contributed by atoms with Gasteiger partial charge in [-0.1, -0.05) is 12.1 Å². The van der Waals surface area contributed by atoms with Crippen LogP contribution >= 0.6 is 27.3 Å². The van der Waals surface area contributed by atoms with E-state index >= 15 is 0 Å². The molecular weight excluding hydrogens is 265 g/mol. The van der Waals surface area contributed by atoms with E-state index in [0.29, 0.717) is 5.69 Å². The molecule has 0 amide bonds. The van der Waals surface area contributed by atoms with Crippen molar-refractivity contribution in [2.75, 3.05) is 5.73 Å². The molecule has 0 saturated carbocycles. The molecule has 0 fully saturated rings. The first-order valence-corrected chi connectivity index (χ1v) is 5.64. The Kier molecular flexibility index (Phi) is 2.56. The summed E-state index contributed by atoms with van der Waals surface area (Å²) < 4.78 is 13.8. The fraction of sp³-hybridized carbons (Fsp3) is 0. The maximum atomic E-state index is 12.9. The Labute approximate surface area is 93.5 Å². The summed E-state index contributed by atoms with van der Waals surface area (Å²) in [4.78, 5) is 0. The highest BCUT2D eigenvalue weighted by Gasteiger charge is 2.08. The first-order valence-electron chi connectivity index (χ1n) is 3.97. The lowest BCUT2D eigenvalue weighted by molar-refractivity contribution is 0.628. The van der Waals surface area contributed by atoms with Crippen LogP contribution in [0.3, 0.4) is 0 Å². The van der Waals surface area contributed by atoms with Gasteiger partial charge in [-0.25, -0.2) is 4.39 Å². The van der Waals surface area contributed by atoms with Crippen LogP contribution in [0.5, 0.6) is 0 Å². The normalized spacial score (nSPS) is 10.4. The van der Waals surface area contributed by atoms with Gasteiger partial charge in [0.25, 0.3) is 0 Å². The van der Waals surface area contributed by atoms with Crippen molar-refractivity contribution in [1.82, 2.24) is 0 Å². The van der Waals surface area contributed by atoms with Gasteiger partial charge in [0, 0.05) is 10.9 Å². The highest BCUT2D eigenvalue weighted by molar-refractivity contribution is 9.11.